The molecule has 0 N–H and O–H groups in total. The molecule has 0 saturated heterocycles. The first-order chi connectivity index (χ1) is 1.00. The first-order valence-electron chi connectivity index (χ1n) is 0.258. The second kappa shape index (κ2) is 33.9. The molecular formula is H6CuKMgPSeZn. The molecule has 0 saturated carbocycles. The standard InChI is InChI=1S/Cu.K.Mg.H3PSe.Zn.3H/c;;;1-2;;;;/h;;;2H,1H2;;;;. The van der Waals surface area contributed by atoms with E-state index in [1.807, 2.05) is 0 Å². The molecule has 0 aliphatic rings. The van der Waals surface area contributed by atoms with E-state index in [1.54, 1.807) is 0 Å². The summed E-state index contributed by atoms with van der Waals surface area (Å²) in [5.41, 5.74) is 0. The molecule has 0 aromatic carbocycles. The van der Waals surface area contributed by atoms with Gasteiger partial charge < -0.3 is 0 Å². The number of hydrogen-bond donors (Lipinski definition) is 0. The molecule has 6 heteroatoms. The fourth-order valence-corrected chi connectivity index (χ4v) is 0. The van der Waals surface area contributed by atoms with E-state index in [0.717, 1.165) is 0 Å². The van der Waals surface area contributed by atoms with Crippen molar-refractivity contribution in [3.05, 3.63) is 0 Å². The topological polar surface area (TPSA) is 0 Å². The largest absolute Gasteiger partial charge is 0.316 e. The van der Waals surface area contributed by atoms with Gasteiger partial charge in [0.05, 0.1) is 0 Å². The van der Waals surface area contributed by atoms with Gasteiger partial charge in [-0.15, -0.1) is 0 Å². The van der Waals surface area contributed by atoms with E-state index in [0.29, 0.717) is 0 Å². The summed E-state index contributed by atoms with van der Waals surface area (Å²) in [5.74, 6) is 0. The third-order valence-corrected chi connectivity index (χ3v) is 0. The minimum Gasteiger partial charge on any atom is 0 e. The Morgan fingerprint density at radius 1 is 1.17 bits per heavy atom. The van der Waals surface area contributed by atoms with E-state index in [1.165, 1.54) is 0 Å². The van der Waals surface area contributed by atoms with Crippen LogP contribution in [0.15, 0.2) is 0 Å². The Labute approximate surface area is 131 Å². The van der Waals surface area contributed by atoms with Gasteiger partial charge in [0, 0.05) is 36.5 Å². The Balaban J connectivity index is -0.000000000833. The van der Waals surface area contributed by atoms with Gasteiger partial charge in [0.2, 0.25) is 0 Å². The second-order valence-corrected chi connectivity index (χ2v) is 0. The van der Waals surface area contributed by atoms with Crippen molar-refractivity contribution >= 4 is 97.9 Å². The molecule has 0 fully saturated rings. The summed E-state index contributed by atoms with van der Waals surface area (Å²) in [6, 6.07) is 0. The van der Waals surface area contributed by atoms with E-state index in [-0.39, 0.29) is 111 Å². The SMILES string of the molecule is P[SeH].[Cu].[KH].[MgH2].[Zn]. The van der Waals surface area contributed by atoms with Gasteiger partial charge >= 0.3 is 97.9 Å². The Hall–Kier alpha value is 4.49. The molecule has 0 heterocycles. The fourth-order valence-electron chi connectivity index (χ4n) is 0. The smallest absolute Gasteiger partial charge is 0 e. The molecule has 33 valence electrons. The third kappa shape index (κ3) is 23.6. The van der Waals surface area contributed by atoms with Crippen LogP contribution in [0, 0.1) is 0 Å². The molecule has 0 spiro atoms. The maximum atomic E-state index is 2.35. The number of hydrogen-bond acceptors (Lipinski definition) is 0. The summed E-state index contributed by atoms with van der Waals surface area (Å²) in [6.45, 7) is 0. The molecule has 0 nitrogen and oxygen atoms in total. The van der Waals surface area contributed by atoms with E-state index in [9.17, 15) is 0 Å². The first kappa shape index (κ1) is 31.3. The second-order valence-electron chi connectivity index (χ2n) is 0. The minimum atomic E-state index is 0. The molecule has 1 unspecified atom stereocenters. The van der Waals surface area contributed by atoms with Gasteiger partial charge in [-0.2, -0.15) is 0 Å². The van der Waals surface area contributed by atoms with Gasteiger partial charge in [0.25, 0.3) is 0 Å². The average molecular weight is 308 g/mol. The molecule has 1 radical (unpaired) electrons. The van der Waals surface area contributed by atoms with E-state index in [2.05, 4.69) is 23.5 Å². The number of rotatable bonds is 0. The van der Waals surface area contributed by atoms with Crippen molar-refractivity contribution in [3.63, 3.8) is 0 Å². The van der Waals surface area contributed by atoms with Crippen molar-refractivity contribution in [2.75, 3.05) is 0 Å². The normalized spacial score (nSPS) is 1.00. The quantitative estimate of drug-likeness (QED) is 0.363. The molecule has 0 aliphatic carbocycles. The molecule has 0 aromatic rings. The van der Waals surface area contributed by atoms with Crippen LogP contribution in [0.2, 0.25) is 0 Å². The maximum Gasteiger partial charge on any atom is 0.316 e. The summed E-state index contributed by atoms with van der Waals surface area (Å²) >= 11 is 2.23. The predicted octanol–water partition coefficient (Wildman–Crippen LogP) is -1.89. The van der Waals surface area contributed by atoms with Crippen molar-refractivity contribution in [2.24, 2.45) is 0 Å². The van der Waals surface area contributed by atoms with Crippen LogP contribution in [0.4, 0.5) is 0 Å². The zero-order chi connectivity index (χ0) is 2.00. The molecule has 6 heavy (non-hydrogen) atoms. The van der Waals surface area contributed by atoms with Crippen molar-refractivity contribution in [2.45, 2.75) is 0 Å². The van der Waals surface area contributed by atoms with E-state index < -0.39 is 0 Å². The van der Waals surface area contributed by atoms with Crippen molar-refractivity contribution in [1.82, 2.24) is 0 Å². The molecule has 0 rings (SSSR count). The molecule has 0 bridgehead atoms. The van der Waals surface area contributed by atoms with E-state index >= 15 is 0 Å². The maximum absolute atomic E-state index is 2.35. The van der Waals surface area contributed by atoms with Crippen molar-refractivity contribution in [3.8, 4) is 0 Å². The van der Waals surface area contributed by atoms with Crippen LogP contribution in [-0.4, -0.2) is 90.0 Å². The van der Waals surface area contributed by atoms with Gasteiger partial charge in [-0.25, -0.2) is 0 Å². The van der Waals surface area contributed by atoms with Gasteiger partial charge in [-0.05, 0) is 0 Å². The van der Waals surface area contributed by atoms with Gasteiger partial charge in [-0.1, -0.05) is 0 Å². The fraction of sp³-hybridized carbons (Fsp3) is 0. The van der Waals surface area contributed by atoms with Gasteiger partial charge in [0.15, 0.2) is 0 Å². The summed E-state index contributed by atoms with van der Waals surface area (Å²) in [6.07, 6.45) is 0. The minimum absolute atomic E-state index is 0. The van der Waals surface area contributed by atoms with Crippen LogP contribution in [0.5, 0.6) is 0 Å². The zero-order valence-corrected chi connectivity index (χ0v) is 8.97. The van der Waals surface area contributed by atoms with Crippen molar-refractivity contribution in [1.29, 1.82) is 0 Å². The summed E-state index contributed by atoms with van der Waals surface area (Å²) < 4.78 is 0. The molecular weight excluding hydrogens is 302 g/mol. The molecule has 0 aromatic heterocycles. The van der Waals surface area contributed by atoms with Crippen LogP contribution < -0.4 is 0 Å². The third-order valence-electron chi connectivity index (χ3n) is 0. The zero-order valence-electron chi connectivity index (χ0n) is 2.03. The van der Waals surface area contributed by atoms with Crippen LogP contribution >= 0.6 is 7.93 Å². The Morgan fingerprint density at radius 3 is 1.17 bits per heavy atom. The van der Waals surface area contributed by atoms with E-state index in [4.69, 9.17) is 0 Å². The monoisotopic (exact) mass is 307 g/mol. The van der Waals surface area contributed by atoms with Crippen LogP contribution in [-0.2, 0) is 36.5 Å². The Bertz CT molecular complexity index is 15.5. The molecule has 1 atom stereocenters. The van der Waals surface area contributed by atoms with Crippen LogP contribution in [0.25, 0.3) is 0 Å². The average Bonchev–Trinajstić information content (AvgIpc) is 1.00. The van der Waals surface area contributed by atoms with Crippen LogP contribution in [0.1, 0.15) is 0 Å². The first-order valence-corrected chi connectivity index (χ1v) is 4.02. The van der Waals surface area contributed by atoms with Gasteiger partial charge in [0.1, 0.15) is 0 Å². The summed E-state index contributed by atoms with van der Waals surface area (Å²) in [4.78, 5) is 0. The predicted molar refractivity (Wildman–Crippen MR) is 32.6 cm³/mol. The molecule has 0 amide bonds. The molecule has 0 aliphatic heterocycles. The summed E-state index contributed by atoms with van der Waals surface area (Å²) in [5, 5.41) is 0. The van der Waals surface area contributed by atoms with Crippen LogP contribution in [0.3, 0.4) is 0 Å². The Kier molecular flexibility index (Phi) is 177. The summed E-state index contributed by atoms with van der Waals surface area (Å²) in [7, 11) is 2.35. The van der Waals surface area contributed by atoms with Gasteiger partial charge in [-0.3, -0.25) is 0 Å². The Morgan fingerprint density at radius 2 is 1.17 bits per heavy atom. The van der Waals surface area contributed by atoms with Crippen molar-refractivity contribution < 1.29 is 36.5 Å².